The lowest BCUT2D eigenvalue weighted by molar-refractivity contribution is 0.0922. The van der Waals surface area contributed by atoms with Crippen molar-refractivity contribution in [3.05, 3.63) is 29.3 Å². The predicted molar refractivity (Wildman–Crippen MR) is 105 cm³/mol. The number of carbonyl (C=O) groups excluding carboxylic acids is 1. The molecule has 148 valence electrons. The number of amides is 1. The van der Waals surface area contributed by atoms with Crippen LogP contribution < -0.4 is 5.32 Å². The van der Waals surface area contributed by atoms with Gasteiger partial charge in [0.1, 0.15) is 0 Å². The molecule has 3 atom stereocenters. The molecule has 0 unspecified atom stereocenters. The van der Waals surface area contributed by atoms with E-state index in [1.165, 1.54) is 19.3 Å². The van der Waals surface area contributed by atoms with Crippen LogP contribution in [0, 0.1) is 18.8 Å². The third kappa shape index (κ3) is 3.79. The standard InChI is InChI=1S/C21H30N2O3S/c1-15-6-8-18(21(24)22-19-13-16-7-9-17(19)12-16)14-20(15)27(25,26)23-10-4-2-3-5-11-23/h6,8,14,16-17,19H,2-5,7,9-13H2,1H3,(H,22,24)/t16-,17-,19+/m1/s1. The molecule has 3 aliphatic rings. The number of rotatable bonds is 4. The molecule has 1 aromatic carbocycles. The molecule has 2 saturated carbocycles. The van der Waals surface area contributed by atoms with Crippen LogP contribution in [0.5, 0.6) is 0 Å². The number of nitrogens with one attached hydrogen (secondary N) is 1. The highest BCUT2D eigenvalue weighted by molar-refractivity contribution is 7.89. The van der Waals surface area contributed by atoms with Gasteiger partial charge in [0.25, 0.3) is 5.91 Å². The van der Waals surface area contributed by atoms with Crippen molar-refractivity contribution in [1.29, 1.82) is 0 Å². The highest BCUT2D eigenvalue weighted by Crippen LogP contribution is 2.44. The zero-order valence-corrected chi connectivity index (χ0v) is 16.9. The molecule has 3 fully saturated rings. The van der Waals surface area contributed by atoms with Crippen LogP contribution in [0.25, 0.3) is 0 Å². The lowest BCUT2D eigenvalue weighted by Crippen LogP contribution is -2.38. The van der Waals surface area contributed by atoms with E-state index in [-0.39, 0.29) is 16.8 Å². The molecule has 0 aromatic heterocycles. The Morgan fingerprint density at radius 2 is 1.81 bits per heavy atom. The van der Waals surface area contributed by atoms with E-state index in [2.05, 4.69) is 5.32 Å². The van der Waals surface area contributed by atoms with Gasteiger partial charge in [-0.2, -0.15) is 4.31 Å². The van der Waals surface area contributed by atoms with Crippen LogP contribution in [-0.4, -0.2) is 37.8 Å². The number of hydrogen-bond donors (Lipinski definition) is 1. The van der Waals surface area contributed by atoms with Gasteiger partial charge in [-0.05, 0) is 68.6 Å². The maximum absolute atomic E-state index is 13.2. The summed E-state index contributed by atoms with van der Waals surface area (Å²) in [6, 6.07) is 5.35. The quantitative estimate of drug-likeness (QED) is 0.856. The lowest BCUT2D eigenvalue weighted by atomic mass is 9.95. The Morgan fingerprint density at radius 1 is 1.07 bits per heavy atom. The van der Waals surface area contributed by atoms with Gasteiger partial charge >= 0.3 is 0 Å². The molecule has 1 N–H and O–H groups in total. The van der Waals surface area contributed by atoms with Crippen LogP contribution in [-0.2, 0) is 10.0 Å². The molecule has 1 aliphatic heterocycles. The smallest absolute Gasteiger partial charge is 0.251 e. The summed E-state index contributed by atoms with van der Waals surface area (Å²) < 4.78 is 28.0. The first kappa shape index (κ1) is 18.9. The van der Waals surface area contributed by atoms with Gasteiger partial charge in [0.05, 0.1) is 4.90 Å². The van der Waals surface area contributed by atoms with E-state index >= 15 is 0 Å². The summed E-state index contributed by atoms with van der Waals surface area (Å²) in [4.78, 5) is 13.1. The number of nitrogens with zero attached hydrogens (tertiary/aromatic N) is 1. The molecule has 1 heterocycles. The maximum atomic E-state index is 13.2. The Morgan fingerprint density at radius 3 is 2.44 bits per heavy atom. The van der Waals surface area contributed by atoms with Gasteiger partial charge in [0, 0.05) is 24.7 Å². The summed E-state index contributed by atoms with van der Waals surface area (Å²) in [7, 11) is -3.55. The molecular formula is C21H30N2O3S. The fourth-order valence-corrected chi connectivity index (χ4v) is 6.88. The molecule has 1 aromatic rings. The van der Waals surface area contributed by atoms with Gasteiger partial charge in [0.15, 0.2) is 0 Å². The first-order chi connectivity index (χ1) is 12.9. The Labute approximate surface area is 162 Å². The summed E-state index contributed by atoms with van der Waals surface area (Å²) in [5.41, 5.74) is 1.16. The van der Waals surface area contributed by atoms with Crippen LogP contribution in [0.2, 0.25) is 0 Å². The predicted octanol–water partition coefficient (Wildman–Crippen LogP) is 3.48. The van der Waals surface area contributed by atoms with Gasteiger partial charge in [-0.3, -0.25) is 4.79 Å². The van der Waals surface area contributed by atoms with Crippen LogP contribution in [0.4, 0.5) is 0 Å². The van der Waals surface area contributed by atoms with E-state index in [1.54, 1.807) is 22.5 Å². The van der Waals surface area contributed by atoms with E-state index in [4.69, 9.17) is 0 Å². The average Bonchev–Trinajstić information content (AvgIpc) is 3.14. The molecule has 4 rings (SSSR count). The van der Waals surface area contributed by atoms with Gasteiger partial charge in [0.2, 0.25) is 10.0 Å². The van der Waals surface area contributed by atoms with E-state index in [0.717, 1.165) is 38.0 Å². The highest BCUT2D eigenvalue weighted by atomic mass is 32.2. The molecular weight excluding hydrogens is 360 g/mol. The first-order valence-electron chi connectivity index (χ1n) is 10.4. The second kappa shape index (κ2) is 7.55. The van der Waals surface area contributed by atoms with E-state index in [9.17, 15) is 13.2 Å². The first-order valence-corrected chi connectivity index (χ1v) is 11.8. The summed E-state index contributed by atoms with van der Waals surface area (Å²) in [6.45, 7) is 2.95. The summed E-state index contributed by atoms with van der Waals surface area (Å²) in [5, 5.41) is 3.17. The second-order valence-corrected chi connectivity index (χ2v) is 10.5. The number of carbonyl (C=O) groups is 1. The Balaban J connectivity index is 1.54. The van der Waals surface area contributed by atoms with Crippen LogP contribution in [0.1, 0.15) is 67.3 Å². The molecule has 0 spiro atoms. The van der Waals surface area contributed by atoms with Gasteiger partial charge in [-0.15, -0.1) is 0 Å². The number of benzene rings is 1. The molecule has 1 saturated heterocycles. The van der Waals surface area contributed by atoms with Crippen molar-refractivity contribution < 1.29 is 13.2 Å². The van der Waals surface area contributed by atoms with Crippen LogP contribution in [0.15, 0.2) is 23.1 Å². The van der Waals surface area contributed by atoms with Crippen molar-refractivity contribution in [2.45, 2.75) is 69.2 Å². The van der Waals surface area contributed by atoms with Crippen molar-refractivity contribution in [3.63, 3.8) is 0 Å². The van der Waals surface area contributed by atoms with Crippen molar-refractivity contribution in [2.75, 3.05) is 13.1 Å². The third-order valence-electron chi connectivity index (χ3n) is 6.69. The average molecular weight is 391 g/mol. The Kier molecular flexibility index (Phi) is 5.30. The maximum Gasteiger partial charge on any atom is 0.251 e. The van der Waals surface area contributed by atoms with Gasteiger partial charge in [-0.1, -0.05) is 25.3 Å². The lowest BCUT2D eigenvalue weighted by Gasteiger charge is -2.24. The summed E-state index contributed by atoms with van der Waals surface area (Å²) >= 11 is 0. The molecule has 27 heavy (non-hydrogen) atoms. The fourth-order valence-electron chi connectivity index (χ4n) is 5.11. The van der Waals surface area contributed by atoms with E-state index < -0.39 is 10.0 Å². The topological polar surface area (TPSA) is 66.5 Å². The monoisotopic (exact) mass is 390 g/mol. The van der Waals surface area contributed by atoms with E-state index in [1.807, 2.05) is 6.92 Å². The molecule has 0 radical (unpaired) electrons. The molecule has 1 amide bonds. The third-order valence-corrected chi connectivity index (χ3v) is 8.73. The highest BCUT2D eigenvalue weighted by Gasteiger charge is 2.40. The number of fused-ring (bicyclic) bond motifs is 2. The largest absolute Gasteiger partial charge is 0.349 e. The summed E-state index contributed by atoms with van der Waals surface area (Å²) in [5.74, 6) is 1.22. The second-order valence-electron chi connectivity index (χ2n) is 8.55. The van der Waals surface area contributed by atoms with E-state index in [0.29, 0.717) is 30.1 Å². The minimum atomic E-state index is -3.55. The van der Waals surface area contributed by atoms with Crippen molar-refractivity contribution >= 4 is 15.9 Å². The minimum Gasteiger partial charge on any atom is -0.349 e. The Hall–Kier alpha value is -1.40. The van der Waals surface area contributed by atoms with Crippen molar-refractivity contribution in [1.82, 2.24) is 9.62 Å². The fraction of sp³-hybridized carbons (Fsp3) is 0.667. The number of aryl methyl sites for hydroxylation is 1. The zero-order chi connectivity index (χ0) is 19.0. The Bertz CT molecular complexity index is 813. The molecule has 2 aliphatic carbocycles. The van der Waals surface area contributed by atoms with Crippen LogP contribution in [0.3, 0.4) is 0 Å². The SMILES string of the molecule is Cc1ccc(C(=O)N[C@H]2C[C@@H]3CC[C@@H]2C3)cc1S(=O)(=O)N1CCCCCC1. The normalized spacial score (nSPS) is 28.9. The van der Waals surface area contributed by atoms with Crippen molar-refractivity contribution in [3.8, 4) is 0 Å². The van der Waals surface area contributed by atoms with Gasteiger partial charge in [-0.25, -0.2) is 8.42 Å². The number of sulfonamides is 1. The minimum absolute atomic E-state index is 0.139. The van der Waals surface area contributed by atoms with Gasteiger partial charge < -0.3 is 5.32 Å². The molecule has 5 nitrogen and oxygen atoms in total. The molecule has 2 bridgehead atoms. The van der Waals surface area contributed by atoms with Crippen molar-refractivity contribution in [2.24, 2.45) is 11.8 Å². The molecule has 6 heteroatoms. The van der Waals surface area contributed by atoms with Crippen LogP contribution >= 0.6 is 0 Å². The zero-order valence-electron chi connectivity index (χ0n) is 16.1. The number of hydrogen-bond acceptors (Lipinski definition) is 3. The summed E-state index contributed by atoms with van der Waals surface area (Å²) in [6.07, 6.45) is 8.77.